The first kappa shape index (κ1) is 17.6. The highest BCUT2D eigenvalue weighted by Crippen LogP contribution is 2.26. The fraction of sp³-hybridized carbons (Fsp3) is 0.190. The first-order valence-corrected chi connectivity index (χ1v) is 8.42. The van der Waals surface area contributed by atoms with Crippen LogP contribution in [0.4, 0.5) is 5.69 Å². The highest BCUT2D eigenvalue weighted by atomic mass is 16.4. The standard InChI is InChI=1S/C21H20N2O3/c1-13(2)16-9-7-15(8-10-16)11-19-14(3)22-23(20(19)24)18-6-4-5-17(12-18)21(25)26/h4-13H,1-3H3,(H,25,26). The molecule has 0 bridgehead atoms. The van der Waals surface area contributed by atoms with Gasteiger partial charge in [0.1, 0.15) is 0 Å². The van der Waals surface area contributed by atoms with E-state index in [4.69, 9.17) is 5.11 Å². The zero-order chi connectivity index (χ0) is 18.8. The Morgan fingerprint density at radius 3 is 2.46 bits per heavy atom. The Morgan fingerprint density at radius 1 is 1.15 bits per heavy atom. The van der Waals surface area contributed by atoms with E-state index in [0.717, 1.165) is 5.56 Å². The molecule has 26 heavy (non-hydrogen) atoms. The van der Waals surface area contributed by atoms with Crippen molar-refractivity contribution >= 4 is 29.4 Å². The van der Waals surface area contributed by atoms with Crippen LogP contribution in [0.2, 0.25) is 0 Å². The van der Waals surface area contributed by atoms with Gasteiger partial charge in [-0.3, -0.25) is 4.79 Å². The van der Waals surface area contributed by atoms with Crippen molar-refractivity contribution in [3.05, 3.63) is 70.8 Å². The molecule has 1 heterocycles. The van der Waals surface area contributed by atoms with Crippen molar-refractivity contribution in [1.29, 1.82) is 0 Å². The van der Waals surface area contributed by atoms with E-state index >= 15 is 0 Å². The number of anilines is 1. The SMILES string of the molecule is CC1=NN(c2cccc(C(=O)O)c2)C(=O)C1=Cc1ccc(C(C)C)cc1. The van der Waals surface area contributed by atoms with Gasteiger partial charge in [-0.1, -0.05) is 44.2 Å². The molecule has 0 atom stereocenters. The highest BCUT2D eigenvalue weighted by Gasteiger charge is 2.29. The van der Waals surface area contributed by atoms with Gasteiger partial charge in [-0.25, -0.2) is 4.79 Å². The highest BCUT2D eigenvalue weighted by molar-refractivity contribution is 6.32. The molecule has 3 rings (SSSR count). The van der Waals surface area contributed by atoms with Crippen molar-refractivity contribution in [2.45, 2.75) is 26.7 Å². The van der Waals surface area contributed by atoms with Gasteiger partial charge >= 0.3 is 5.97 Å². The number of nitrogens with zero attached hydrogens (tertiary/aromatic N) is 2. The number of carbonyl (C=O) groups excluding carboxylic acids is 1. The van der Waals surface area contributed by atoms with Crippen molar-refractivity contribution in [3.63, 3.8) is 0 Å². The second kappa shape index (κ2) is 6.96. The second-order valence-electron chi connectivity index (χ2n) is 6.54. The van der Waals surface area contributed by atoms with E-state index in [1.54, 1.807) is 19.1 Å². The minimum atomic E-state index is -1.04. The van der Waals surface area contributed by atoms with Crippen LogP contribution in [0.5, 0.6) is 0 Å². The van der Waals surface area contributed by atoms with E-state index in [-0.39, 0.29) is 11.5 Å². The monoisotopic (exact) mass is 348 g/mol. The Hall–Kier alpha value is -3.21. The molecule has 1 amide bonds. The van der Waals surface area contributed by atoms with Gasteiger partial charge < -0.3 is 5.11 Å². The molecule has 0 radical (unpaired) electrons. The maximum atomic E-state index is 12.8. The third-order valence-electron chi connectivity index (χ3n) is 4.31. The lowest BCUT2D eigenvalue weighted by atomic mass is 10.0. The van der Waals surface area contributed by atoms with E-state index in [1.807, 2.05) is 18.2 Å². The summed E-state index contributed by atoms with van der Waals surface area (Å²) in [7, 11) is 0. The van der Waals surface area contributed by atoms with Crippen LogP contribution in [-0.2, 0) is 4.79 Å². The number of amides is 1. The number of benzene rings is 2. The summed E-state index contributed by atoms with van der Waals surface area (Å²) in [5.41, 5.74) is 3.82. The van der Waals surface area contributed by atoms with Crippen molar-refractivity contribution in [2.75, 3.05) is 5.01 Å². The molecule has 0 fully saturated rings. The molecular weight excluding hydrogens is 328 g/mol. The lowest BCUT2D eigenvalue weighted by Gasteiger charge is -2.12. The smallest absolute Gasteiger partial charge is 0.335 e. The molecule has 1 aliphatic heterocycles. The molecule has 5 heteroatoms. The van der Waals surface area contributed by atoms with Crippen molar-refractivity contribution in [2.24, 2.45) is 5.10 Å². The summed E-state index contributed by atoms with van der Waals surface area (Å²) in [6.07, 6.45) is 1.81. The van der Waals surface area contributed by atoms with Crippen LogP contribution in [0, 0.1) is 0 Å². The predicted molar refractivity (Wildman–Crippen MR) is 103 cm³/mol. The number of rotatable bonds is 4. The molecule has 1 aliphatic rings. The number of carboxylic acids is 1. The Morgan fingerprint density at radius 2 is 1.85 bits per heavy atom. The number of hydrogen-bond donors (Lipinski definition) is 1. The Kier molecular flexibility index (Phi) is 4.71. The number of aromatic carboxylic acids is 1. The maximum absolute atomic E-state index is 12.8. The summed E-state index contributed by atoms with van der Waals surface area (Å²) in [6, 6.07) is 14.3. The van der Waals surface area contributed by atoms with Crippen LogP contribution in [0.1, 0.15) is 48.2 Å². The fourth-order valence-corrected chi connectivity index (χ4v) is 2.77. The van der Waals surface area contributed by atoms with Crippen LogP contribution in [0.25, 0.3) is 6.08 Å². The Labute approximate surface area is 152 Å². The normalized spacial score (nSPS) is 15.7. The molecule has 5 nitrogen and oxygen atoms in total. The van der Waals surface area contributed by atoms with Gasteiger partial charge in [-0.05, 0) is 48.2 Å². The van der Waals surface area contributed by atoms with E-state index in [2.05, 4.69) is 31.1 Å². The van der Waals surface area contributed by atoms with Crippen molar-refractivity contribution in [3.8, 4) is 0 Å². The van der Waals surface area contributed by atoms with Crippen LogP contribution in [0.3, 0.4) is 0 Å². The van der Waals surface area contributed by atoms with Crippen LogP contribution in [-0.4, -0.2) is 22.7 Å². The summed E-state index contributed by atoms with van der Waals surface area (Å²) in [4.78, 5) is 23.9. The number of carboxylic acid groups (broad SMARTS) is 1. The van der Waals surface area contributed by atoms with E-state index < -0.39 is 5.97 Å². The average Bonchev–Trinajstić information content (AvgIpc) is 2.90. The van der Waals surface area contributed by atoms with Gasteiger partial charge in [0.2, 0.25) is 0 Å². The van der Waals surface area contributed by atoms with Gasteiger partial charge in [0.25, 0.3) is 5.91 Å². The molecule has 0 spiro atoms. The van der Waals surface area contributed by atoms with E-state index in [1.165, 1.54) is 22.7 Å². The summed E-state index contributed by atoms with van der Waals surface area (Å²) in [6.45, 7) is 6.04. The summed E-state index contributed by atoms with van der Waals surface area (Å²) in [5, 5.41) is 14.7. The number of hydrazone groups is 1. The van der Waals surface area contributed by atoms with E-state index in [9.17, 15) is 9.59 Å². The van der Waals surface area contributed by atoms with Crippen molar-refractivity contribution < 1.29 is 14.7 Å². The van der Waals surface area contributed by atoms with Crippen LogP contribution in [0.15, 0.2) is 59.2 Å². The van der Waals surface area contributed by atoms with Gasteiger partial charge in [-0.2, -0.15) is 10.1 Å². The largest absolute Gasteiger partial charge is 0.478 e. The fourth-order valence-electron chi connectivity index (χ4n) is 2.77. The average molecular weight is 348 g/mol. The molecule has 0 saturated carbocycles. The first-order valence-electron chi connectivity index (χ1n) is 8.42. The van der Waals surface area contributed by atoms with Crippen LogP contribution >= 0.6 is 0 Å². The third-order valence-corrected chi connectivity index (χ3v) is 4.31. The van der Waals surface area contributed by atoms with Crippen molar-refractivity contribution in [1.82, 2.24) is 0 Å². The molecule has 1 N–H and O–H groups in total. The van der Waals surface area contributed by atoms with Gasteiger partial charge in [0.15, 0.2) is 0 Å². The zero-order valence-corrected chi connectivity index (χ0v) is 14.9. The summed E-state index contributed by atoms with van der Waals surface area (Å²) >= 11 is 0. The topological polar surface area (TPSA) is 70.0 Å². The minimum Gasteiger partial charge on any atom is -0.478 e. The molecule has 2 aromatic carbocycles. The van der Waals surface area contributed by atoms with Gasteiger partial charge in [0.05, 0.1) is 22.5 Å². The molecule has 0 unspecified atom stereocenters. The molecule has 0 aliphatic carbocycles. The molecule has 132 valence electrons. The molecule has 0 aromatic heterocycles. The Bertz CT molecular complexity index is 925. The molecule has 0 saturated heterocycles. The minimum absolute atomic E-state index is 0.116. The summed E-state index contributed by atoms with van der Waals surface area (Å²) in [5.74, 6) is -0.858. The molecule has 2 aromatic rings. The number of carbonyl (C=O) groups is 2. The summed E-state index contributed by atoms with van der Waals surface area (Å²) < 4.78 is 0. The first-order chi connectivity index (χ1) is 12.4. The lowest BCUT2D eigenvalue weighted by Crippen LogP contribution is -2.21. The third kappa shape index (κ3) is 3.42. The van der Waals surface area contributed by atoms with Gasteiger partial charge in [-0.15, -0.1) is 0 Å². The molecular formula is C21H20N2O3. The zero-order valence-electron chi connectivity index (χ0n) is 14.9. The predicted octanol–water partition coefficient (Wildman–Crippen LogP) is 4.31. The second-order valence-corrected chi connectivity index (χ2v) is 6.54. The van der Waals surface area contributed by atoms with E-state index in [0.29, 0.717) is 22.9 Å². The Balaban J connectivity index is 1.90. The van der Waals surface area contributed by atoms with Crippen LogP contribution < -0.4 is 5.01 Å². The quantitative estimate of drug-likeness (QED) is 0.837. The maximum Gasteiger partial charge on any atom is 0.335 e. The lowest BCUT2D eigenvalue weighted by molar-refractivity contribution is -0.114. The number of hydrogen-bond acceptors (Lipinski definition) is 3. The van der Waals surface area contributed by atoms with Gasteiger partial charge in [0, 0.05) is 0 Å².